The molecular formula is C14H20N4O3S2. The van der Waals surface area contributed by atoms with Crippen molar-refractivity contribution < 1.29 is 13.2 Å². The molecular weight excluding hydrogens is 336 g/mol. The van der Waals surface area contributed by atoms with Gasteiger partial charge in [-0.05, 0) is 19.8 Å². The first-order chi connectivity index (χ1) is 10.8. The minimum atomic E-state index is -3.25. The van der Waals surface area contributed by atoms with Gasteiger partial charge in [0, 0.05) is 44.3 Å². The minimum absolute atomic E-state index is 0.0374. The molecule has 0 N–H and O–H groups in total. The topological polar surface area (TPSA) is 75.0 Å². The van der Waals surface area contributed by atoms with Crippen molar-refractivity contribution in [2.24, 2.45) is 0 Å². The van der Waals surface area contributed by atoms with Gasteiger partial charge < -0.3 is 4.90 Å². The Hall–Kier alpha value is -1.45. The number of piperidine rings is 1. The summed E-state index contributed by atoms with van der Waals surface area (Å²) in [6.07, 6.45) is 6.34. The van der Waals surface area contributed by atoms with E-state index in [9.17, 15) is 13.2 Å². The van der Waals surface area contributed by atoms with Crippen molar-refractivity contribution in [3.05, 3.63) is 23.0 Å². The second-order valence-corrected chi connectivity index (χ2v) is 8.94. The van der Waals surface area contributed by atoms with Gasteiger partial charge in [0.15, 0.2) is 4.96 Å². The van der Waals surface area contributed by atoms with Crippen LogP contribution < -0.4 is 0 Å². The molecule has 0 radical (unpaired) electrons. The first-order valence-corrected chi connectivity index (χ1v) is 10.1. The second-order valence-electron chi connectivity index (χ2n) is 5.92. The third-order valence-corrected chi connectivity index (χ3v) is 6.91. The van der Waals surface area contributed by atoms with Gasteiger partial charge in [-0.2, -0.15) is 0 Å². The number of hydrogen-bond donors (Lipinski definition) is 0. The molecule has 0 bridgehead atoms. The number of fused-ring (bicyclic) bond motifs is 1. The van der Waals surface area contributed by atoms with Crippen LogP contribution in [0.3, 0.4) is 0 Å². The molecule has 9 heteroatoms. The van der Waals surface area contributed by atoms with E-state index in [-0.39, 0.29) is 11.9 Å². The number of carbonyl (C=O) groups excluding carboxylic acids is 1. The van der Waals surface area contributed by atoms with Crippen LogP contribution in [-0.2, 0) is 10.0 Å². The Bertz CT molecular complexity index is 839. The van der Waals surface area contributed by atoms with Crippen molar-refractivity contribution in [1.82, 2.24) is 18.6 Å². The molecule has 3 rings (SSSR count). The lowest BCUT2D eigenvalue weighted by molar-refractivity contribution is 0.0669. The van der Waals surface area contributed by atoms with Crippen LogP contribution >= 0.6 is 11.3 Å². The van der Waals surface area contributed by atoms with Crippen molar-refractivity contribution in [3.63, 3.8) is 0 Å². The number of thiazole rings is 1. The van der Waals surface area contributed by atoms with E-state index in [1.54, 1.807) is 18.1 Å². The molecule has 23 heavy (non-hydrogen) atoms. The van der Waals surface area contributed by atoms with E-state index in [1.807, 2.05) is 17.5 Å². The second kappa shape index (κ2) is 5.88. The SMILES string of the molecule is Cc1c(C(=O)N2CCCC(N(C)S(C)(=O)=O)C2)sc2nccn12. The highest BCUT2D eigenvalue weighted by Gasteiger charge is 2.31. The van der Waals surface area contributed by atoms with Crippen molar-refractivity contribution in [3.8, 4) is 0 Å². The smallest absolute Gasteiger partial charge is 0.265 e. The van der Waals surface area contributed by atoms with E-state index in [2.05, 4.69) is 4.98 Å². The highest BCUT2D eigenvalue weighted by molar-refractivity contribution is 7.88. The summed E-state index contributed by atoms with van der Waals surface area (Å²) in [4.78, 5) is 20.3. The van der Waals surface area contributed by atoms with Gasteiger partial charge in [-0.15, -0.1) is 0 Å². The predicted octanol–water partition coefficient (Wildman–Crippen LogP) is 1.20. The number of hydrogen-bond acceptors (Lipinski definition) is 5. The van der Waals surface area contributed by atoms with Gasteiger partial charge in [0.25, 0.3) is 5.91 Å². The van der Waals surface area contributed by atoms with Gasteiger partial charge in [-0.25, -0.2) is 17.7 Å². The lowest BCUT2D eigenvalue weighted by Crippen LogP contribution is -2.50. The third kappa shape index (κ3) is 3.00. The number of aryl methyl sites for hydroxylation is 1. The molecule has 1 amide bonds. The van der Waals surface area contributed by atoms with Crippen LogP contribution in [0.2, 0.25) is 0 Å². The Labute approximate surface area is 139 Å². The average molecular weight is 356 g/mol. The summed E-state index contributed by atoms with van der Waals surface area (Å²) in [5, 5.41) is 0. The molecule has 1 fully saturated rings. The van der Waals surface area contributed by atoms with Crippen LogP contribution in [0.5, 0.6) is 0 Å². The van der Waals surface area contributed by atoms with E-state index in [0.29, 0.717) is 18.0 Å². The van der Waals surface area contributed by atoms with Crippen LogP contribution in [0.25, 0.3) is 4.96 Å². The molecule has 0 aliphatic carbocycles. The number of carbonyl (C=O) groups is 1. The van der Waals surface area contributed by atoms with Gasteiger partial charge >= 0.3 is 0 Å². The van der Waals surface area contributed by atoms with Crippen LogP contribution in [0.1, 0.15) is 28.2 Å². The molecule has 1 unspecified atom stereocenters. The summed E-state index contributed by atoms with van der Waals surface area (Å²) in [5.41, 5.74) is 0.881. The van der Waals surface area contributed by atoms with Gasteiger partial charge in [-0.3, -0.25) is 9.20 Å². The summed E-state index contributed by atoms with van der Waals surface area (Å²) >= 11 is 1.38. The van der Waals surface area contributed by atoms with Crippen molar-refractivity contribution in [1.29, 1.82) is 0 Å². The number of likely N-dealkylation sites (tertiary alicyclic amines) is 1. The number of aromatic nitrogens is 2. The maximum Gasteiger partial charge on any atom is 0.265 e. The molecule has 0 saturated carbocycles. The molecule has 1 aliphatic heterocycles. The summed E-state index contributed by atoms with van der Waals surface area (Å²) in [6.45, 7) is 3.00. The van der Waals surface area contributed by atoms with Crippen molar-refractivity contribution in [2.75, 3.05) is 26.4 Å². The zero-order valence-corrected chi connectivity index (χ0v) is 15.0. The molecule has 7 nitrogen and oxygen atoms in total. The monoisotopic (exact) mass is 356 g/mol. The number of likely N-dealkylation sites (N-methyl/N-ethyl adjacent to an activating group) is 1. The highest BCUT2D eigenvalue weighted by atomic mass is 32.2. The van der Waals surface area contributed by atoms with Gasteiger partial charge in [-0.1, -0.05) is 11.3 Å². The van der Waals surface area contributed by atoms with E-state index < -0.39 is 10.0 Å². The Morgan fingerprint density at radius 3 is 2.87 bits per heavy atom. The third-order valence-electron chi connectivity index (χ3n) is 4.41. The Morgan fingerprint density at radius 2 is 2.22 bits per heavy atom. The quantitative estimate of drug-likeness (QED) is 0.828. The summed E-state index contributed by atoms with van der Waals surface area (Å²) < 4.78 is 26.7. The van der Waals surface area contributed by atoms with Gasteiger partial charge in [0.05, 0.1) is 6.26 Å². The number of sulfonamides is 1. The molecule has 126 valence electrons. The van der Waals surface area contributed by atoms with E-state index in [4.69, 9.17) is 0 Å². The van der Waals surface area contributed by atoms with Crippen molar-refractivity contribution in [2.45, 2.75) is 25.8 Å². The predicted molar refractivity (Wildman–Crippen MR) is 89.3 cm³/mol. The fourth-order valence-corrected chi connectivity index (χ4v) is 4.71. The van der Waals surface area contributed by atoms with E-state index in [1.165, 1.54) is 21.9 Å². The maximum atomic E-state index is 12.8. The molecule has 3 heterocycles. The molecule has 1 atom stereocenters. The molecule has 1 saturated heterocycles. The number of nitrogens with zero attached hydrogens (tertiary/aromatic N) is 4. The number of rotatable bonds is 3. The first-order valence-electron chi connectivity index (χ1n) is 7.44. The first kappa shape index (κ1) is 16.4. The Balaban J connectivity index is 1.82. The maximum absolute atomic E-state index is 12.8. The largest absolute Gasteiger partial charge is 0.336 e. The standard InChI is InChI=1S/C14H20N4O3S2/c1-10-12(22-14-15-6-8-18(10)14)13(19)17-7-4-5-11(9-17)16(2)23(3,20)21/h6,8,11H,4-5,7,9H2,1-3H3. The van der Waals surface area contributed by atoms with Gasteiger partial charge in [0.2, 0.25) is 10.0 Å². The fourth-order valence-electron chi connectivity index (χ4n) is 2.94. The highest BCUT2D eigenvalue weighted by Crippen LogP contribution is 2.25. The minimum Gasteiger partial charge on any atom is -0.336 e. The normalized spacial score (nSPS) is 19.7. The zero-order valence-electron chi connectivity index (χ0n) is 13.4. The molecule has 1 aliphatic rings. The van der Waals surface area contributed by atoms with Gasteiger partial charge in [0.1, 0.15) is 4.88 Å². The van der Waals surface area contributed by atoms with E-state index >= 15 is 0 Å². The summed E-state index contributed by atoms with van der Waals surface area (Å²) in [5.74, 6) is -0.0374. The van der Waals surface area contributed by atoms with E-state index in [0.717, 1.165) is 23.5 Å². The zero-order chi connectivity index (χ0) is 16.8. The summed E-state index contributed by atoms with van der Waals surface area (Å²) in [6, 6.07) is -0.160. The fraction of sp³-hybridized carbons (Fsp3) is 0.571. The van der Waals surface area contributed by atoms with Crippen LogP contribution in [-0.4, -0.2) is 65.3 Å². The van der Waals surface area contributed by atoms with Crippen LogP contribution in [0.15, 0.2) is 12.4 Å². The van der Waals surface area contributed by atoms with Crippen LogP contribution in [0.4, 0.5) is 0 Å². The average Bonchev–Trinajstić information content (AvgIpc) is 3.08. The Kier molecular flexibility index (Phi) is 4.19. The van der Waals surface area contributed by atoms with Crippen molar-refractivity contribution >= 4 is 32.2 Å². The lowest BCUT2D eigenvalue weighted by Gasteiger charge is -2.36. The lowest BCUT2D eigenvalue weighted by atomic mass is 10.1. The summed E-state index contributed by atoms with van der Waals surface area (Å²) in [7, 11) is -1.67. The molecule has 2 aromatic rings. The van der Waals surface area contributed by atoms with Crippen LogP contribution in [0, 0.1) is 6.92 Å². The number of amides is 1. The molecule has 0 aromatic carbocycles. The molecule has 2 aromatic heterocycles. The molecule has 0 spiro atoms. The number of imidazole rings is 1. The Morgan fingerprint density at radius 1 is 1.48 bits per heavy atom.